The first kappa shape index (κ1) is 24.9. The molecule has 1 aliphatic heterocycles. The van der Waals surface area contributed by atoms with Crippen molar-refractivity contribution in [3.63, 3.8) is 0 Å². The number of hydrogen-bond acceptors (Lipinski definition) is 7. The van der Waals surface area contributed by atoms with Gasteiger partial charge in [-0.2, -0.15) is 0 Å². The van der Waals surface area contributed by atoms with Crippen LogP contribution >= 0.6 is 22.6 Å². The largest absolute Gasteiger partial charge is 0.462 e. The average molecular weight is 535 g/mol. The van der Waals surface area contributed by atoms with Crippen LogP contribution in [0.5, 0.6) is 0 Å². The minimum absolute atomic E-state index is 0.00753. The molecule has 1 aromatic carbocycles. The van der Waals surface area contributed by atoms with E-state index in [0.717, 1.165) is 5.06 Å². The fourth-order valence-corrected chi connectivity index (χ4v) is 4.33. The second kappa shape index (κ2) is 9.86. The lowest BCUT2D eigenvalue weighted by Crippen LogP contribution is -2.60. The highest BCUT2D eigenvalue weighted by Crippen LogP contribution is 2.38. The van der Waals surface area contributed by atoms with Crippen LogP contribution in [0.2, 0.25) is 0 Å². The lowest BCUT2D eigenvalue weighted by atomic mass is 9.80. The number of nitrogens with zero attached hydrogens (tertiary/aromatic N) is 2. The van der Waals surface area contributed by atoms with E-state index in [4.69, 9.17) is 9.47 Å². The van der Waals surface area contributed by atoms with Crippen LogP contribution < -0.4 is 0 Å². The van der Waals surface area contributed by atoms with Crippen molar-refractivity contribution in [1.82, 2.24) is 5.06 Å². The van der Waals surface area contributed by atoms with Gasteiger partial charge in [-0.25, -0.2) is 0 Å². The van der Waals surface area contributed by atoms with E-state index in [1.54, 1.807) is 0 Å². The number of aliphatic hydroxyl groups excluding tert-OH is 1. The summed E-state index contributed by atoms with van der Waals surface area (Å²) in [6.07, 6.45) is -0.0842. The summed E-state index contributed by atoms with van der Waals surface area (Å²) < 4.78 is 10.3. The predicted octanol–water partition coefficient (Wildman–Crippen LogP) is 3.36. The van der Waals surface area contributed by atoms with E-state index in [0.29, 0.717) is 18.4 Å². The van der Waals surface area contributed by atoms with Gasteiger partial charge in [0.05, 0.1) is 17.6 Å². The van der Waals surface area contributed by atoms with Crippen molar-refractivity contribution in [2.45, 2.75) is 67.7 Å². The Bertz CT molecular complexity index is 736. The van der Waals surface area contributed by atoms with E-state index in [2.05, 4.69) is 0 Å². The van der Waals surface area contributed by atoms with E-state index < -0.39 is 32.0 Å². The number of halogens is 1. The SMILES string of the molecule is CC1(C)CC(OCC(O)COC(=O)C(I)c2ccc([N+](=O)[O-])cc2)CC(C)(C)N1[O]. The summed E-state index contributed by atoms with van der Waals surface area (Å²) in [5.41, 5.74) is -0.616. The molecule has 1 aliphatic rings. The smallest absolute Gasteiger partial charge is 0.323 e. The molecule has 2 atom stereocenters. The normalized spacial score (nSPS) is 21.0. The molecule has 1 saturated heterocycles. The van der Waals surface area contributed by atoms with E-state index in [9.17, 15) is 25.2 Å². The van der Waals surface area contributed by atoms with Crippen molar-refractivity contribution in [1.29, 1.82) is 0 Å². The summed E-state index contributed by atoms with van der Waals surface area (Å²) in [5, 5.41) is 34.3. The second-order valence-electron chi connectivity index (χ2n) is 8.78. The van der Waals surface area contributed by atoms with Gasteiger partial charge in [-0.3, -0.25) is 14.9 Å². The number of ether oxygens (including phenoxy) is 2. The van der Waals surface area contributed by atoms with Gasteiger partial charge in [0.25, 0.3) is 5.69 Å². The van der Waals surface area contributed by atoms with Crippen molar-refractivity contribution < 1.29 is 29.5 Å². The van der Waals surface area contributed by atoms with E-state index in [1.165, 1.54) is 24.3 Å². The Hall–Kier alpha value is -1.34. The van der Waals surface area contributed by atoms with Crippen LogP contribution in [0, 0.1) is 10.1 Å². The number of nitro groups is 1. The predicted molar refractivity (Wildman–Crippen MR) is 116 cm³/mol. The molecule has 1 N–H and O–H groups in total. The Balaban J connectivity index is 1.80. The summed E-state index contributed by atoms with van der Waals surface area (Å²) in [7, 11) is 0. The molecule has 0 aliphatic carbocycles. The van der Waals surface area contributed by atoms with Crippen LogP contribution in [-0.2, 0) is 19.5 Å². The first-order valence-electron chi connectivity index (χ1n) is 9.66. The number of hydrogen-bond donors (Lipinski definition) is 1. The lowest BCUT2D eigenvalue weighted by molar-refractivity contribution is -0.384. The highest BCUT2D eigenvalue weighted by atomic mass is 127. The van der Waals surface area contributed by atoms with Crippen LogP contribution in [0.3, 0.4) is 0 Å². The Labute approximate surface area is 189 Å². The van der Waals surface area contributed by atoms with Gasteiger partial charge in [-0.1, -0.05) is 34.7 Å². The number of aliphatic hydroxyl groups is 1. The molecule has 30 heavy (non-hydrogen) atoms. The Morgan fingerprint density at radius 3 is 2.27 bits per heavy atom. The summed E-state index contributed by atoms with van der Waals surface area (Å²) in [6.45, 7) is 7.25. The maximum atomic E-state index is 12.4. The molecule has 1 fully saturated rings. The van der Waals surface area contributed by atoms with E-state index in [1.807, 2.05) is 50.3 Å². The van der Waals surface area contributed by atoms with Crippen LogP contribution in [-0.4, -0.2) is 57.6 Å². The zero-order valence-electron chi connectivity index (χ0n) is 17.5. The number of piperidine rings is 1. The molecule has 0 bridgehead atoms. The molecule has 167 valence electrons. The van der Waals surface area contributed by atoms with Gasteiger partial charge in [0.15, 0.2) is 0 Å². The van der Waals surface area contributed by atoms with E-state index >= 15 is 0 Å². The first-order valence-corrected chi connectivity index (χ1v) is 10.9. The molecule has 2 rings (SSSR count). The third kappa shape index (κ3) is 6.33. The molecule has 0 aromatic heterocycles. The van der Waals surface area contributed by atoms with Crippen molar-refractivity contribution in [3.8, 4) is 0 Å². The maximum Gasteiger partial charge on any atom is 0.323 e. The number of esters is 1. The number of non-ortho nitro benzene ring substituents is 1. The fourth-order valence-electron chi connectivity index (χ4n) is 3.74. The van der Waals surface area contributed by atoms with Gasteiger partial charge in [0, 0.05) is 23.2 Å². The molecule has 1 aromatic rings. The zero-order valence-corrected chi connectivity index (χ0v) is 19.7. The number of carbonyl (C=O) groups excluding carboxylic acids is 1. The zero-order chi connectivity index (χ0) is 22.7. The number of rotatable bonds is 8. The monoisotopic (exact) mass is 535 g/mol. The number of benzene rings is 1. The molecule has 0 spiro atoms. The minimum Gasteiger partial charge on any atom is -0.462 e. The molecule has 1 heterocycles. The van der Waals surface area contributed by atoms with Crippen molar-refractivity contribution in [3.05, 3.63) is 39.9 Å². The molecule has 0 saturated carbocycles. The summed E-state index contributed by atoms with van der Waals surface area (Å²) in [4.78, 5) is 22.4. The van der Waals surface area contributed by atoms with Gasteiger partial charge in [-0.15, -0.1) is 10.3 Å². The molecule has 9 nitrogen and oxygen atoms in total. The van der Waals surface area contributed by atoms with Crippen molar-refractivity contribution in [2.24, 2.45) is 0 Å². The standard InChI is InChI=1S/C20H28IN2O7/c1-19(2)9-16(10-20(3,4)23(19)28)29-11-15(24)12-30-18(25)17(21)13-5-7-14(8-6-13)22(26)27/h5-8,15-17,24H,9-12H2,1-4H3. The van der Waals surface area contributed by atoms with Gasteiger partial charge >= 0.3 is 5.97 Å². The quantitative estimate of drug-likeness (QED) is 0.178. The average Bonchev–Trinajstić information content (AvgIpc) is 2.67. The topological polar surface area (TPSA) is 122 Å². The van der Waals surface area contributed by atoms with Gasteiger partial charge < -0.3 is 14.6 Å². The number of alkyl halides is 1. The highest BCUT2D eigenvalue weighted by molar-refractivity contribution is 14.1. The van der Waals surface area contributed by atoms with Crippen LogP contribution in [0.15, 0.2) is 24.3 Å². The molecular formula is C20H28IN2O7. The van der Waals surface area contributed by atoms with Gasteiger partial charge in [-0.05, 0) is 46.1 Å². The lowest BCUT2D eigenvalue weighted by Gasteiger charge is -2.49. The summed E-state index contributed by atoms with van der Waals surface area (Å²) in [5.74, 6) is -0.551. The number of hydroxylamine groups is 2. The molecular weight excluding hydrogens is 507 g/mol. The fraction of sp³-hybridized carbons (Fsp3) is 0.650. The number of nitro benzene ring substituents is 1. The third-order valence-corrected chi connectivity index (χ3v) is 6.33. The van der Waals surface area contributed by atoms with Gasteiger partial charge in [0.1, 0.15) is 16.6 Å². The van der Waals surface area contributed by atoms with Crippen molar-refractivity contribution in [2.75, 3.05) is 13.2 Å². The third-order valence-electron chi connectivity index (χ3n) is 5.10. The van der Waals surface area contributed by atoms with Gasteiger partial charge in [0.2, 0.25) is 0 Å². The number of carbonyl (C=O) groups is 1. The molecule has 0 amide bonds. The Morgan fingerprint density at radius 2 is 1.77 bits per heavy atom. The second-order valence-corrected chi connectivity index (χ2v) is 10.0. The molecule has 2 unspecified atom stereocenters. The molecule has 10 heteroatoms. The van der Waals surface area contributed by atoms with E-state index in [-0.39, 0.29) is 25.0 Å². The van der Waals surface area contributed by atoms with Crippen LogP contribution in [0.25, 0.3) is 0 Å². The highest BCUT2D eigenvalue weighted by Gasteiger charge is 2.46. The summed E-state index contributed by atoms with van der Waals surface area (Å²) in [6, 6.07) is 5.66. The summed E-state index contributed by atoms with van der Waals surface area (Å²) >= 11 is 1.88. The Morgan fingerprint density at radius 1 is 1.23 bits per heavy atom. The first-order chi connectivity index (χ1) is 13.8. The van der Waals surface area contributed by atoms with Crippen LogP contribution in [0.4, 0.5) is 5.69 Å². The minimum atomic E-state index is -0.995. The van der Waals surface area contributed by atoms with Crippen molar-refractivity contribution >= 4 is 34.2 Å². The Kier molecular flexibility index (Phi) is 8.19. The molecule has 1 radical (unpaired) electrons. The maximum absolute atomic E-state index is 12.4. The van der Waals surface area contributed by atoms with Crippen LogP contribution in [0.1, 0.15) is 50.0 Å².